The molecule has 1 heterocycles. The van der Waals surface area contributed by atoms with Crippen LogP contribution >= 0.6 is 0 Å². The van der Waals surface area contributed by atoms with Gasteiger partial charge in [-0.05, 0) is 45.1 Å². The number of hydrogen-bond acceptors (Lipinski definition) is 2. The van der Waals surface area contributed by atoms with Gasteiger partial charge in [0.1, 0.15) is 0 Å². The minimum Gasteiger partial charge on any atom is -0.272 e. The Morgan fingerprint density at radius 3 is 2.58 bits per heavy atom. The van der Waals surface area contributed by atoms with Crippen LogP contribution in [0.15, 0.2) is 0 Å². The van der Waals surface area contributed by atoms with Crippen molar-refractivity contribution in [3.05, 3.63) is 17.0 Å². The summed E-state index contributed by atoms with van der Waals surface area (Å²) < 4.78 is 1.69. The predicted octanol–water partition coefficient (Wildman–Crippen LogP) is 4.06. The van der Waals surface area contributed by atoms with Crippen molar-refractivity contribution in [2.45, 2.75) is 72.1 Å². The fourth-order valence-corrected chi connectivity index (χ4v) is 3.13. The molecule has 0 unspecified atom stereocenters. The summed E-state index contributed by atoms with van der Waals surface area (Å²) in [6, 6.07) is 0. The van der Waals surface area contributed by atoms with Crippen LogP contribution in [0.25, 0.3) is 0 Å². The number of hydrogen-bond donors (Lipinski definition) is 0. The van der Waals surface area contributed by atoms with Gasteiger partial charge >= 0.3 is 0 Å². The third-order valence-electron chi connectivity index (χ3n) is 4.38. The maximum absolute atomic E-state index is 12.6. The van der Waals surface area contributed by atoms with Gasteiger partial charge in [-0.25, -0.2) is 4.68 Å². The third-order valence-corrected chi connectivity index (χ3v) is 4.38. The van der Waals surface area contributed by atoms with E-state index in [1.165, 1.54) is 37.7 Å². The Morgan fingerprint density at radius 2 is 1.95 bits per heavy atom. The summed E-state index contributed by atoms with van der Waals surface area (Å²) in [4.78, 5) is 12.6. The largest absolute Gasteiger partial charge is 0.272 e. The molecule has 3 nitrogen and oxygen atoms in total. The average molecular weight is 262 g/mol. The molecule has 0 N–H and O–H groups in total. The van der Waals surface area contributed by atoms with E-state index in [0.29, 0.717) is 0 Å². The van der Waals surface area contributed by atoms with Crippen LogP contribution < -0.4 is 0 Å². The highest BCUT2D eigenvalue weighted by atomic mass is 16.2. The van der Waals surface area contributed by atoms with Gasteiger partial charge in [0.05, 0.1) is 5.69 Å². The molecule has 3 heteroatoms. The number of carbonyl (C=O) groups excluding carboxylic acids is 1. The molecule has 1 aromatic heterocycles. The lowest BCUT2D eigenvalue weighted by molar-refractivity contribution is 0.0781. The van der Waals surface area contributed by atoms with E-state index in [0.717, 1.165) is 30.7 Å². The van der Waals surface area contributed by atoms with Crippen molar-refractivity contribution in [2.24, 2.45) is 5.92 Å². The normalized spacial score (nSPS) is 16.8. The summed E-state index contributed by atoms with van der Waals surface area (Å²) in [5.41, 5.74) is 3.39. The fourth-order valence-electron chi connectivity index (χ4n) is 3.13. The fraction of sp³-hybridized carbons (Fsp3) is 0.750. The average Bonchev–Trinajstić information content (AvgIpc) is 2.72. The van der Waals surface area contributed by atoms with Crippen molar-refractivity contribution in [3.8, 4) is 0 Å². The van der Waals surface area contributed by atoms with Gasteiger partial charge in [-0.1, -0.05) is 32.6 Å². The summed E-state index contributed by atoms with van der Waals surface area (Å²) in [6.45, 7) is 6.27. The SMILES string of the molecule is CCCCc1c(C)nn(C(=O)C2CCCCC2)c1C. The molecule has 1 aliphatic carbocycles. The van der Waals surface area contributed by atoms with Gasteiger partial charge in [-0.15, -0.1) is 0 Å². The van der Waals surface area contributed by atoms with Crippen LogP contribution in [-0.4, -0.2) is 15.7 Å². The number of unbranched alkanes of at least 4 members (excludes halogenated alkanes) is 1. The summed E-state index contributed by atoms with van der Waals surface area (Å²) in [7, 11) is 0. The molecule has 0 aromatic carbocycles. The monoisotopic (exact) mass is 262 g/mol. The predicted molar refractivity (Wildman–Crippen MR) is 77.5 cm³/mol. The molecule has 0 atom stereocenters. The molecule has 0 bridgehead atoms. The number of rotatable bonds is 4. The molecule has 1 saturated carbocycles. The highest BCUT2D eigenvalue weighted by Crippen LogP contribution is 2.26. The van der Waals surface area contributed by atoms with Crippen LogP contribution in [0.4, 0.5) is 0 Å². The number of nitrogens with zero attached hydrogens (tertiary/aromatic N) is 2. The first kappa shape index (κ1) is 14.3. The molecule has 0 saturated heterocycles. The van der Waals surface area contributed by atoms with Crippen LogP contribution in [-0.2, 0) is 6.42 Å². The number of aryl methyl sites for hydroxylation is 1. The zero-order chi connectivity index (χ0) is 13.8. The molecule has 0 radical (unpaired) electrons. The van der Waals surface area contributed by atoms with E-state index in [4.69, 9.17) is 0 Å². The zero-order valence-corrected chi connectivity index (χ0v) is 12.5. The number of carbonyl (C=O) groups is 1. The topological polar surface area (TPSA) is 34.9 Å². The van der Waals surface area contributed by atoms with Gasteiger partial charge in [0, 0.05) is 11.6 Å². The Balaban J connectivity index is 2.17. The molecule has 0 amide bonds. The van der Waals surface area contributed by atoms with E-state index in [2.05, 4.69) is 12.0 Å². The first-order valence-corrected chi connectivity index (χ1v) is 7.74. The van der Waals surface area contributed by atoms with Crippen LogP contribution in [0.1, 0.15) is 73.6 Å². The van der Waals surface area contributed by atoms with Crippen molar-refractivity contribution < 1.29 is 4.79 Å². The molecule has 106 valence electrons. The molecule has 0 spiro atoms. The molecule has 19 heavy (non-hydrogen) atoms. The van der Waals surface area contributed by atoms with E-state index < -0.39 is 0 Å². The van der Waals surface area contributed by atoms with Crippen molar-refractivity contribution in [3.63, 3.8) is 0 Å². The minimum absolute atomic E-state index is 0.200. The smallest absolute Gasteiger partial charge is 0.250 e. The van der Waals surface area contributed by atoms with Gasteiger partial charge in [-0.2, -0.15) is 5.10 Å². The lowest BCUT2D eigenvalue weighted by atomic mass is 9.88. The second-order valence-corrected chi connectivity index (χ2v) is 5.84. The van der Waals surface area contributed by atoms with Crippen molar-refractivity contribution >= 4 is 5.91 Å². The lowest BCUT2D eigenvalue weighted by Crippen LogP contribution is -2.25. The van der Waals surface area contributed by atoms with Gasteiger partial charge in [0.25, 0.3) is 0 Å². The zero-order valence-electron chi connectivity index (χ0n) is 12.5. The van der Waals surface area contributed by atoms with Crippen molar-refractivity contribution in [2.75, 3.05) is 0 Å². The molecule has 2 rings (SSSR count). The third kappa shape index (κ3) is 3.07. The lowest BCUT2D eigenvalue weighted by Gasteiger charge is -2.20. The molecule has 0 aliphatic heterocycles. The summed E-state index contributed by atoms with van der Waals surface area (Å²) in [5.74, 6) is 0.425. The molecule has 1 aromatic rings. The Bertz CT molecular complexity index is 442. The van der Waals surface area contributed by atoms with Crippen LogP contribution in [0.5, 0.6) is 0 Å². The summed E-state index contributed by atoms with van der Waals surface area (Å²) in [6.07, 6.45) is 9.15. The Morgan fingerprint density at radius 1 is 1.26 bits per heavy atom. The highest BCUT2D eigenvalue weighted by molar-refractivity contribution is 5.81. The molecule has 1 fully saturated rings. The van der Waals surface area contributed by atoms with E-state index in [1.807, 2.05) is 13.8 Å². The van der Waals surface area contributed by atoms with Crippen LogP contribution in [0.2, 0.25) is 0 Å². The Labute approximate surface area is 116 Å². The molecular weight excluding hydrogens is 236 g/mol. The highest BCUT2D eigenvalue weighted by Gasteiger charge is 2.25. The van der Waals surface area contributed by atoms with Crippen LogP contribution in [0.3, 0.4) is 0 Å². The van der Waals surface area contributed by atoms with Gasteiger partial charge in [0.2, 0.25) is 5.91 Å². The summed E-state index contributed by atoms with van der Waals surface area (Å²) in [5, 5.41) is 4.51. The van der Waals surface area contributed by atoms with Crippen molar-refractivity contribution in [1.29, 1.82) is 0 Å². The van der Waals surface area contributed by atoms with E-state index in [1.54, 1.807) is 4.68 Å². The van der Waals surface area contributed by atoms with Gasteiger partial charge < -0.3 is 0 Å². The summed E-state index contributed by atoms with van der Waals surface area (Å²) >= 11 is 0. The second kappa shape index (κ2) is 6.36. The van der Waals surface area contributed by atoms with E-state index in [-0.39, 0.29) is 11.8 Å². The Hall–Kier alpha value is -1.12. The quantitative estimate of drug-likeness (QED) is 0.820. The maximum Gasteiger partial charge on any atom is 0.250 e. The van der Waals surface area contributed by atoms with Gasteiger partial charge in [0.15, 0.2) is 0 Å². The van der Waals surface area contributed by atoms with E-state index in [9.17, 15) is 4.79 Å². The van der Waals surface area contributed by atoms with Crippen LogP contribution in [0, 0.1) is 19.8 Å². The number of aromatic nitrogens is 2. The molecular formula is C16H26N2O. The standard InChI is InChI=1S/C16H26N2O/c1-4-5-11-15-12(2)17-18(13(15)3)16(19)14-9-7-6-8-10-14/h14H,4-11H2,1-3H3. The molecule has 1 aliphatic rings. The van der Waals surface area contributed by atoms with E-state index >= 15 is 0 Å². The van der Waals surface area contributed by atoms with Gasteiger partial charge in [-0.3, -0.25) is 4.79 Å². The second-order valence-electron chi connectivity index (χ2n) is 5.84. The first-order valence-electron chi connectivity index (χ1n) is 7.74. The minimum atomic E-state index is 0.200. The Kier molecular flexibility index (Phi) is 4.78. The van der Waals surface area contributed by atoms with Crippen molar-refractivity contribution in [1.82, 2.24) is 9.78 Å². The first-order chi connectivity index (χ1) is 9.15. The maximum atomic E-state index is 12.6.